The number of aliphatic hydroxyl groups is 9. The molecule has 19 heteroatoms. The fourth-order valence-corrected chi connectivity index (χ4v) is 12.9. The number of carbonyl (C=O) groups excluding carboxylic acids is 2. The van der Waals surface area contributed by atoms with E-state index >= 15 is 0 Å². The van der Waals surface area contributed by atoms with E-state index in [0.29, 0.717) is 44.9 Å². The first-order valence-electron chi connectivity index (χ1n) is 21.8. The SMILES string of the molecule is CO[C@H]1C[C@H](O[C@H]2CC[C@]3(C=O)[C@H]4CC[C@]5(C)[C@@H](C6=CC(=O)OC6)CC[C@]5(O)[C@@H]4CC[C@]3(O)C2)O[C@H](C)[C@@H]1O[C@@H]1O[C@H](CO[C@@H]2O[C@H](CO)[C@@H](O)[C@H](O)[C@H]2O)[C@@H](O)[C@H](O)[C@H]1O. The van der Waals surface area contributed by atoms with E-state index in [9.17, 15) is 55.5 Å². The number of cyclic esters (lactones) is 1. The predicted molar refractivity (Wildman–Crippen MR) is 203 cm³/mol. The Bertz CT molecular complexity index is 1630. The zero-order valence-corrected chi connectivity index (χ0v) is 34.8. The number of carbonyl (C=O) groups is 2. The lowest BCUT2D eigenvalue weighted by Crippen LogP contribution is -2.69. The van der Waals surface area contributed by atoms with Crippen LogP contribution in [0, 0.1) is 28.6 Å². The summed E-state index contributed by atoms with van der Waals surface area (Å²) < 4.78 is 46.7. The number of methoxy groups -OCH3 is 1. The number of aldehydes is 1. The first-order valence-corrected chi connectivity index (χ1v) is 21.8. The molecule has 4 heterocycles. The molecule has 9 N–H and O–H groups in total. The van der Waals surface area contributed by atoms with Gasteiger partial charge in [-0.3, -0.25) is 0 Å². The molecule has 4 aliphatic carbocycles. The molecule has 0 amide bonds. The number of esters is 1. The standard InChI is InChI=1S/C42H64O19/c1-19-36(61-38-35(51)33(49)31(47)27(60-38)17-56-37-34(50)32(48)30(46)26(15-43)59-37)25(54-3)13-29(57-19)58-21-4-9-40(18-44)23-5-8-39(2)22(20-12-28(45)55-16-20)7-11-42(39,53)24(23)6-10-41(40,52)14-21/h12,18-19,21-27,29-38,43,46-53H,4-11,13-17H2,1-3H3/t19-,21+,22-,23+,24-,25+,26-,27-,29+,30-,31-,32+,33+,34-,35-,36+,37-,38+,39-,40+,41+,42+/m1/s1. The second-order valence-electron chi connectivity index (χ2n) is 19.2. The van der Waals surface area contributed by atoms with Crippen molar-refractivity contribution in [1.82, 2.24) is 0 Å². The van der Waals surface area contributed by atoms with E-state index < -0.39 is 127 Å². The van der Waals surface area contributed by atoms with Crippen molar-refractivity contribution in [2.75, 3.05) is 26.9 Å². The van der Waals surface area contributed by atoms with Gasteiger partial charge in [-0.1, -0.05) is 6.92 Å². The maximum Gasteiger partial charge on any atom is 0.331 e. The topological polar surface area (TPSA) is 290 Å². The minimum absolute atomic E-state index is 0.00485. The number of aliphatic hydroxyl groups excluding tert-OH is 7. The first-order chi connectivity index (χ1) is 28.9. The van der Waals surface area contributed by atoms with Crippen molar-refractivity contribution in [2.24, 2.45) is 28.6 Å². The summed E-state index contributed by atoms with van der Waals surface area (Å²) in [5.74, 6) is -0.767. The molecule has 3 saturated heterocycles. The van der Waals surface area contributed by atoms with Gasteiger partial charge in [0.1, 0.15) is 67.8 Å². The van der Waals surface area contributed by atoms with Gasteiger partial charge >= 0.3 is 5.97 Å². The third-order valence-corrected chi connectivity index (χ3v) is 16.3. The second kappa shape index (κ2) is 17.2. The van der Waals surface area contributed by atoms with Gasteiger partial charge in [0.25, 0.3) is 0 Å². The second-order valence-corrected chi connectivity index (χ2v) is 19.2. The normalized spacial score (nSPS) is 53.6. The summed E-state index contributed by atoms with van der Waals surface area (Å²) in [7, 11) is 1.47. The number of hydrogen-bond donors (Lipinski definition) is 9. The highest BCUT2D eigenvalue weighted by Crippen LogP contribution is 2.70. The zero-order chi connectivity index (χ0) is 43.8. The molecular formula is C42H64O19. The van der Waals surface area contributed by atoms with Gasteiger partial charge in [0.2, 0.25) is 0 Å². The van der Waals surface area contributed by atoms with Crippen LogP contribution in [0.4, 0.5) is 0 Å². The quantitative estimate of drug-likeness (QED) is 0.0622. The minimum Gasteiger partial charge on any atom is -0.458 e. The Hall–Kier alpha value is -1.76. The number of rotatable bonds is 11. The van der Waals surface area contributed by atoms with Crippen LogP contribution in [0.1, 0.15) is 78.1 Å². The highest BCUT2D eigenvalue weighted by molar-refractivity contribution is 5.85. The van der Waals surface area contributed by atoms with Crippen molar-refractivity contribution >= 4 is 12.3 Å². The molecule has 7 fully saturated rings. The minimum atomic E-state index is -1.75. The third kappa shape index (κ3) is 7.55. The molecule has 0 unspecified atom stereocenters. The monoisotopic (exact) mass is 872 g/mol. The van der Waals surface area contributed by atoms with Gasteiger partial charge in [0.05, 0.1) is 48.1 Å². The molecule has 0 bridgehead atoms. The van der Waals surface area contributed by atoms with Crippen molar-refractivity contribution in [2.45, 2.75) is 181 Å². The molecule has 19 nitrogen and oxygen atoms in total. The fraction of sp³-hybridized carbons (Fsp3) is 0.905. The first kappa shape index (κ1) is 45.8. The van der Waals surface area contributed by atoms with Crippen LogP contribution in [0.3, 0.4) is 0 Å². The van der Waals surface area contributed by atoms with Crippen LogP contribution < -0.4 is 0 Å². The van der Waals surface area contributed by atoms with Gasteiger partial charge in [0, 0.05) is 31.4 Å². The van der Waals surface area contributed by atoms with Crippen molar-refractivity contribution in [3.63, 3.8) is 0 Å². The molecular weight excluding hydrogens is 808 g/mol. The maximum atomic E-state index is 13.3. The molecule has 4 saturated carbocycles. The molecule has 8 rings (SSSR count). The lowest BCUT2D eigenvalue weighted by molar-refractivity contribution is -0.355. The molecule has 61 heavy (non-hydrogen) atoms. The molecule has 346 valence electrons. The summed E-state index contributed by atoms with van der Waals surface area (Å²) in [4.78, 5) is 25.3. The molecule has 0 aromatic carbocycles. The summed E-state index contributed by atoms with van der Waals surface area (Å²) in [6, 6.07) is 0. The van der Waals surface area contributed by atoms with Crippen molar-refractivity contribution in [1.29, 1.82) is 0 Å². The van der Waals surface area contributed by atoms with Crippen LogP contribution in [0.25, 0.3) is 0 Å². The average molecular weight is 873 g/mol. The Morgan fingerprint density at radius 3 is 2.18 bits per heavy atom. The van der Waals surface area contributed by atoms with E-state index in [4.69, 9.17) is 37.9 Å². The van der Waals surface area contributed by atoms with E-state index in [1.54, 1.807) is 13.0 Å². The summed E-state index contributed by atoms with van der Waals surface area (Å²) in [5, 5.41) is 97.4. The van der Waals surface area contributed by atoms with Crippen LogP contribution in [-0.2, 0) is 47.5 Å². The predicted octanol–water partition coefficient (Wildman–Crippen LogP) is -1.92. The third-order valence-electron chi connectivity index (χ3n) is 16.3. The van der Waals surface area contributed by atoms with Gasteiger partial charge in [-0.25, -0.2) is 4.79 Å². The summed E-state index contributed by atoms with van der Waals surface area (Å²) in [6.07, 6.45) is -12.2. The van der Waals surface area contributed by atoms with Crippen LogP contribution >= 0.6 is 0 Å². The highest BCUT2D eigenvalue weighted by atomic mass is 16.8. The molecule has 0 aromatic rings. The Morgan fingerprint density at radius 1 is 0.820 bits per heavy atom. The van der Waals surface area contributed by atoms with E-state index in [1.165, 1.54) is 7.11 Å². The van der Waals surface area contributed by atoms with Crippen molar-refractivity contribution in [3.05, 3.63) is 11.6 Å². The summed E-state index contributed by atoms with van der Waals surface area (Å²) >= 11 is 0. The van der Waals surface area contributed by atoms with Crippen molar-refractivity contribution < 1.29 is 93.4 Å². The molecule has 4 aliphatic heterocycles. The average Bonchev–Trinajstić information content (AvgIpc) is 3.79. The largest absolute Gasteiger partial charge is 0.458 e. The molecule has 0 radical (unpaired) electrons. The lowest BCUT2D eigenvalue weighted by atomic mass is 9.41. The maximum absolute atomic E-state index is 13.3. The molecule has 0 aromatic heterocycles. The van der Waals surface area contributed by atoms with Crippen molar-refractivity contribution in [3.8, 4) is 0 Å². The molecule has 8 aliphatic rings. The molecule has 0 spiro atoms. The lowest BCUT2D eigenvalue weighted by Gasteiger charge is -2.65. The molecule has 22 atom stereocenters. The van der Waals surface area contributed by atoms with E-state index in [2.05, 4.69) is 6.92 Å². The van der Waals surface area contributed by atoms with E-state index in [0.717, 1.165) is 18.3 Å². The van der Waals surface area contributed by atoms with Gasteiger partial charge in [-0.2, -0.15) is 0 Å². The Morgan fingerprint density at radius 2 is 1.51 bits per heavy atom. The van der Waals surface area contributed by atoms with Gasteiger partial charge in [-0.15, -0.1) is 0 Å². The van der Waals surface area contributed by atoms with Gasteiger partial charge < -0.3 is 88.6 Å². The fourth-order valence-electron chi connectivity index (χ4n) is 12.9. The van der Waals surface area contributed by atoms with Crippen LogP contribution in [0.2, 0.25) is 0 Å². The number of ether oxygens (including phenoxy) is 8. The van der Waals surface area contributed by atoms with E-state index in [1.807, 2.05) is 0 Å². The number of fused-ring (bicyclic) bond motifs is 5. The smallest absolute Gasteiger partial charge is 0.331 e. The highest BCUT2D eigenvalue weighted by Gasteiger charge is 2.71. The number of hydrogen-bond acceptors (Lipinski definition) is 19. The van der Waals surface area contributed by atoms with Gasteiger partial charge in [-0.05, 0) is 81.6 Å². The van der Waals surface area contributed by atoms with Crippen LogP contribution in [0.15, 0.2) is 11.6 Å². The van der Waals surface area contributed by atoms with Crippen LogP contribution in [-0.4, -0.2) is 188 Å². The van der Waals surface area contributed by atoms with Crippen LogP contribution in [0.5, 0.6) is 0 Å². The zero-order valence-electron chi connectivity index (χ0n) is 34.8. The summed E-state index contributed by atoms with van der Waals surface area (Å²) in [5.41, 5.74) is -3.06. The Labute approximate surface area is 353 Å². The Balaban J connectivity index is 0.886. The Kier molecular flexibility index (Phi) is 12.9. The summed E-state index contributed by atoms with van der Waals surface area (Å²) in [6.45, 7) is 2.86. The van der Waals surface area contributed by atoms with Gasteiger partial charge in [0.15, 0.2) is 18.9 Å². The van der Waals surface area contributed by atoms with E-state index in [-0.39, 0.29) is 43.2 Å².